The van der Waals surface area contributed by atoms with E-state index in [1.54, 1.807) is 0 Å². The predicted molar refractivity (Wildman–Crippen MR) is 71.1 cm³/mol. The van der Waals surface area contributed by atoms with Crippen LogP contribution in [0.3, 0.4) is 0 Å². The number of ketones is 1. The summed E-state index contributed by atoms with van der Waals surface area (Å²) >= 11 is 0. The Balaban J connectivity index is 2.45. The van der Waals surface area contributed by atoms with E-state index in [-0.39, 0.29) is 0 Å². The highest BCUT2D eigenvalue weighted by Crippen LogP contribution is 2.32. The number of nitrogens with zero attached hydrogens (tertiary/aromatic N) is 1. The zero-order valence-corrected chi connectivity index (χ0v) is 11.3. The van der Waals surface area contributed by atoms with Gasteiger partial charge in [0, 0.05) is 6.54 Å². The quantitative estimate of drug-likeness (QED) is 0.823. The van der Waals surface area contributed by atoms with Crippen molar-refractivity contribution in [2.24, 2.45) is 0 Å². The molecule has 4 nitrogen and oxygen atoms in total. The molecule has 0 saturated carbocycles. The van der Waals surface area contributed by atoms with E-state index >= 15 is 0 Å². The molecule has 4 heteroatoms. The molecule has 0 saturated heterocycles. The van der Waals surface area contributed by atoms with Gasteiger partial charge in [0.1, 0.15) is 0 Å². The van der Waals surface area contributed by atoms with Crippen LogP contribution in [0.25, 0.3) is 0 Å². The van der Waals surface area contributed by atoms with E-state index in [4.69, 9.17) is 0 Å². The van der Waals surface area contributed by atoms with Crippen molar-refractivity contribution in [1.82, 2.24) is 4.90 Å². The van der Waals surface area contributed by atoms with E-state index in [1.165, 1.54) is 0 Å². The molecule has 1 heterocycles. The van der Waals surface area contributed by atoms with E-state index in [1.807, 2.05) is 27.9 Å². The summed E-state index contributed by atoms with van der Waals surface area (Å²) in [5, 5.41) is 2.65. The molecule has 1 aliphatic heterocycles. The minimum atomic E-state index is -0.513. The van der Waals surface area contributed by atoms with Gasteiger partial charge in [0.25, 0.3) is 11.7 Å². The average Bonchev–Trinajstić information content (AvgIpc) is 2.59. The Hall–Kier alpha value is -1.68. The number of benzene rings is 1. The largest absolute Gasteiger partial charge is 0.318 e. The molecule has 1 N–H and O–H groups in total. The number of hydrogen-bond acceptors (Lipinski definition) is 3. The van der Waals surface area contributed by atoms with Gasteiger partial charge in [-0.05, 0) is 51.1 Å². The Kier molecular flexibility index (Phi) is 3.22. The summed E-state index contributed by atoms with van der Waals surface area (Å²) in [6.07, 6.45) is 0.883. The highest BCUT2D eigenvalue weighted by Gasteiger charge is 2.31. The summed E-state index contributed by atoms with van der Waals surface area (Å²) in [5.41, 5.74) is 4.29. The lowest BCUT2D eigenvalue weighted by atomic mass is 9.94. The summed E-state index contributed by atoms with van der Waals surface area (Å²) in [4.78, 5) is 25.4. The van der Waals surface area contributed by atoms with Crippen LogP contribution in [0, 0.1) is 13.8 Å². The maximum absolute atomic E-state index is 11.8. The third kappa shape index (κ3) is 2.04. The Morgan fingerprint density at radius 2 is 1.89 bits per heavy atom. The smallest absolute Gasteiger partial charge is 0.296 e. The molecule has 1 amide bonds. The molecule has 0 spiro atoms. The minimum Gasteiger partial charge on any atom is -0.318 e. The van der Waals surface area contributed by atoms with Gasteiger partial charge < -0.3 is 10.2 Å². The molecule has 96 valence electrons. The summed E-state index contributed by atoms with van der Waals surface area (Å²) < 4.78 is 0. The molecule has 0 radical (unpaired) electrons. The molecular formula is C14H18N2O2. The van der Waals surface area contributed by atoms with Gasteiger partial charge in [-0.15, -0.1) is 0 Å². The van der Waals surface area contributed by atoms with Crippen LogP contribution in [0.15, 0.2) is 6.07 Å². The van der Waals surface area contributed by atoms with Crippen LogP contribution in [-0.4, -0.2) is 37.2 Å². The maximum atomic E-state index is 11.8. The van der Waals surface area contributed by atoms with E-state index < -0.39 is 11.7 Å². The predicted octanol–water partition coefficient (Wildman–Crippen LogP) is 1.54. The average molecular weight is 246 g/mol. The lowest BCUT2D eigenvalue weighted by Crippen LogP contribution is -2.16. The standard InChI is InChI=1S/C14H18N2O2/c1-8-7-10(5-6-16(3)4)9(2)11-12(8)15-14(18)13(11)17/h7H,5-6H2,1-4H3,(H,15,17,18). The summed E-state index contributed by atoms with van der Waals surface area (Å²) in [5.74, 6) is -0.918. The highest BCUT2D eigenvalue weighted by atomic mass is 16.2. The van der Waals surface area contributed by atoms with E-state index in [0.717, 1.165) is 29.7 Å². The SMILES string of the molecule is Cc1cc(CCN(C)C)c(C)c2c1NC(=O)C2=O. The monoisotopic (exact) mass is 246 g/mol. The number of hydrogen-bond donors (Lipinski definition) is 1. The first-order valence-corrected chi connectivity index (χ1v) is 6.05. The van der Waals surface area contributed by atoms with Gasteiger partial charge in [0.2, 0.25) is 0 Å². The van der Waals surface area contributed by atoms with Gasteiger partial charge in [-0.2, -0.15) is 0 Å². The van der Waals surface area contributed by atoms with E-state index in [9.17, 15) is 9.59 Å². The number of fused-ring (bicyclic) bond motifs is 1. The Morgan fingerprint density at radius 1 is 1.22 bits per heavy atom. The van der Waals surface area contributed by atoms with Crippen molar-refractivity contribution in [2.45, 2.75) is 20.3 Å². The molecule has 0 fully saturated rings. The second-order valence-corrected chi connectivity index (χ2v) is 5.06. The first-order chi connectivity index (χ1) is 8.41. The van der Waals surface area contributed by atoms with Crippen molar-refractivity contribution in [2.75, 3.05) is 26.0 Å². The third-order valence-electron chi connectivity index (χ3n) is 3.39. The van der Waals surface area contributed by atoms with Crippen molar-refractivity contribution in [3.63, 3.8) is 0 Å². The van der Waals surface area contributed by atoms with E-state index in [0.29, 0.717) is 11.3 Å². The molecule has 1 aliphatic rings. The number of likely N-dealkylation sites (N-methyl/N-ethyl adjacent to an activating group) is 1. The van der Waals surface area contributed by atoms with Gasteiger partial charge >= 0.3 is 0 Å². The molecule has 1 aromatic carbocycles. The van der Waals surface area contributed by atoms with Crippen molar-refractivity contribution >= 4 is 17.4 Å². The van der Waals surface area contributed by atoms with Crippen molar-refractivity contribution in [3.05, 3.63) is 28.3 Å². The zero-order chi connectivity index (χ0) is 13.4. The molecular weight excluding hydrogens is 228 g/mol. The van der Waals surface area contributed by atoms with Gasteiger partial charge in [-0.1, -0.05) is 6.07 Å². The van der Waals surface area contributed by atoms with Crippen molar-refractivity contribution in [3.8, 4) is 0 Å². The molecule has 0 atom stereocenters. The van der Waals surface area contributed by atoms with Gasteiger partial charge in [-0.3, -0.25) is 9.59 Å². The summed E-state index contributed by atoms with van der Waals surface area (Å²) in [6, 6.07) is 2.07. The number of nitrogens with one attached hydrogen (secondary N) is 1. The van der Waals surface area contributed by atoms with Gasteiger partial charge in [-0.25, -0.2) is 0 Å². The second-order valence-electron chi connectivity index (χ2n) is 5.06. The molecule has 2 rings (SSSR count). The Morgan fingerprint density at radius 3 is 2.50 bits per heavy atom. The molecule has 1 aromatic rings. The maximum Gasteiger partial charge on any atom is 0.296 e. The zero-order valence-electron chi connectivity index (χ0n) is 11.3. The topological polar surface area (TPSA) is 49.4 Å². The molecule has 0 aromatic heterocycles. The van der Waals surface area contributed by atoms with Crippen LogP contribution in [0.1, 0.15) is 27.0 Å². The molecule has 18 heavy (non-hydrogen) atoms. The minimum absolute atomic E-state index is 0.405. The number of anilines is 1. The number of carbonyl (C=O) groups excluding carboxylic acids is 2. The molecule has 0 aliphatic carbocycles. The van der Waals surface area contributed by atoms with Crippen LogP contribution in [0.2, 0.25) is 0 Å². The van der Waals surface area contributed by atoms with Crippen LogP contribution >= 0.6 is 0 Å². The lowest BCUT2D eigenvalue weighted by Gasteiger charge is -2.14. The molecule has 0 unspecified atom stereocenters. The fourth-order valence-corrected chi connectivity index (χ4v) is 2.32. The van der Waals surface area contributed by atoms with Crippen molar-refractivity contribution < 1.29 is 9.59 Å². The fourth-order valence-electron chi connectivity index (χ4n) is 2.32. The first kappa shape index (κ1) is 12.8. The summed E-state index contributed by atoms with van der Waals surface area (Å²) in [7, 11) is 4.04. The second kappa shape index (κ2) is 4.53. The molecule has 0 bridgehead atoms. The number of carbonyl (C=O) groups is 2. The normalized spacial score (nSPS) is 14.1. The first-order valence-electron chi connectivity index (χ1n) is 6.05. The highest BCUT2D eigenvalue weighted by molar-refractivity contribution is 6.52. The third-order valence-corrected chi connectivity index (χ3v) is 3.39. The van der Waals surface area contributed by atoms with Gasteiger partial charge in [0.15, 0.2) is 0 Å². The fraction of sp³-hybridized carbons (Fsp3) is 0.429. The van der Waals surface area contributed by atoms with Crippen LogP contribution < -0.4 is 5.32 Å². The number of Topliss-reactive ketones (excluding diaryl/α,β-unsaturated/α-hetero) is 1. The van der Waals surface area contributed by atoms with Crippen LogP contribution in [-0.2, 0) is 11.2 Å². The van der Waals surface area contributed by atoms with Gasteiger partial charge in [0.05, 0.1) is 11.3 Å². The van der Waals surface area contributed by atoms with Crippen LogP contribution in [0.4, 0.5) is 5.69 Å². The van der Waals surface area contributed by atoms with Crippen LogP contribution in [0.5, 0.6) is 0 Å². The summed E-state index contributed by atoms with van der Waals surface area (Å²) in [6.45, 7) is 4.77. The Bertz CT molecular complexity index is 533. The number of aryl methyl sites for hydroxylation is 1. The number of amides is 1. The van der Waals surface area contributed by atoms with E-state index in [2.05, 4.69) is 16.3 Å². The van der Waals surface area contributed by atoms with Crippen molar-refractivity contribution in [1.29, 1.82) is 0 Å². The lowest BCUT2D eigenvalue weighted by molar-refractivity contribution is -0.112. The Labute approximate surface area is 107 Å². The number of rotatable bonds is 3.